The molecule has 2 aromatic rings. The lowest BCUT2D eigenvalue weighted by atomic mass is 10.1. The zero-order valence-corrected chi connectivity index (χ0v) is 12.1. The Morgan fingerprint density at radius 1 is 1.30 bits per heavy atom. The topological polar surface area (TPSA) is 34.4 Å². The molecule has 20 heavy (non-hydrogen) atoms. The van der Waals surface area contributed by atoms with Gasteiger partial charge in [0, 0.05) is 18.2 Å². The normalized spacial score (nSPS) is 14.5. The summed E-state index contributed by atoms with van der Waals surface area (Å²) >= 11 is 0. The molecule has 0 radical (unpaired) electrons. The lowest BCUT2D eigenvalue weighted by Crippen LogP contribution is -2.14. The quantitative estimate of drug-likeness (QED) is 0.869. The molecule has 3 nitrogen and oxygen atoms in total. The van der Waals surface area contributed by atoms with E-state index in [9.17, 15) is 0 Å². The number of furan rings is 1. The third-order valence-corrected chi connectivity index (χ3v) is 3.81. The maximum Gasteiger partial charge on any atom is 0.146 e. The minimum Gasteiger partial charge on any atom is -0.485 e. The summed E-state index contributed by atoms with van der Waals surface area (Å²) in [6.07, 6.45) is 4.43. The molecule has 0 spiro atoms. The highest BCUT2D eigenvalue weighted by Crippen LogP contribution is 2.22. The summed E-state index contributed by atoms with van der Waals surface area (Å²) in [6, 6.07) is 8.91. The lowest BCUT2D eigenvalue weighted by molar-refractivity contribution is 0.268. The lowest BCUT2D eigenvalue weighted by Gasteiger charge is -2.09. The molecule has 1 N–H and O–H groups in total. The summed E-state index contributed by atoms with van der Waals surface area (Å²) in [5, 5.41) is 3.48. The fraction of sp³-hybridized carbons (Fsp3) is 0.412. The minimum absolute atomic E-state index is 0.480. The molecule has 1 aliphatic rings. The van der Waals surface area contributed by atoms with Crippen molar-refractivity contribution in [3.8, 4) is 5.75 Å². The standard InChI is InChI=1S/C17H21NO2/c1-12-4-3-5-17(13(12)2)20-11-16-8-14(10-19-16)9-18-15-6-7-15/h3-5,8,10,15,18H,6-7,9,11H2,1-2H3. The Morgan fingerprint density at radius 3 is 2.95 bits per heavy atom. The van der Waals surface area contributed by atoms with Crippen LogP contribution in [0.2, 0.25) is 0 Å². The molecule has 1 aliphatic carbocycles. The van der Waals surface area contributed by atoms with E-state index in [1.165, 1.54) is 29.5 Å². The largest absolute Gasteiger partial charge is 0.485 e. The van der Waals surface area contributed by atoms with E-state index in [4.69, 9.17) is 9.15 Å². The third-order valence-electron chi connectivity index (χ3n) is 3.81. The number of hydrogen-bond donors (Lipinski definition) is 1. The van der Waals surface area contributed by atoms with E-state index in [2.05, 4.69) is 31.3 Å². The predicted molar refractivity (Wildman–Crippen MR) is 78.8 cm³/mol. The molecule has 1 heterocycles. The summed E-state index contributed by atoms with van der Waals surface area (Å²) in [4.78, 5) is 0. The first-order valence-electron chi connectivity index (χ1n) is 7.21. The van der Waals surface area contributed by atoms with Crippen LogP contribution >= 0.6 is 0 Å². The van der Waals surface area contributed by atoms with Gasteiger partial charge in [0.1, 0.15) is 18.1 Å². The molecule has 0 amide bonds. The fourth-order valence-corrected chi connectivity index (χ4v) is 2.17. The number of rotatable bonds is 6. The van der Waals surface area contributed by atoms with Crippen molar-refractivity contribution in [3.63, 3.8) is 0 Å². The molecule has 3 rings (SSSR count). The summed E-state index contributed by atoms with van der Waals surface area (Å²) < 4.78 is 11.4. The van der Waals surface area contributed by atoms with E-state index in [1.807, 2.05) is 18.4 Å². The van der Waals surface area contributed by atoms with Crippen LogP contribution in [0.3, 0.4) is 0 Å². The van der Waals surface area contributed by atoms with Gasteiger partial charge in [0.25, 0.3) is 0 Å². The monoisotopic (exact) mass is 271 g/mol. The van der Waals surface area contributed by atoms with Gasteiger partial charge < -0.3 is 14.5 Å². The van der Waals surface area contributed by atoms with E-state index >= 15 is 0 Å². The van der Waals surface area contributed by atoms with Gasteiger partial charge in [-0.1, -0.05) is 12.1 Å². The van der Waals surface area contributed by atoms with Crippen LogP contribution in [-0.4, -0.2) is 6.04 Å². The van der Waals surface area contributed by atoms with Gasteiger partial charge in [0.15, 0.2) is 0 Å². The maximum absolute atomic E-state index is 5.84. The van der Waals surface area contributed by atoms with Crippen molar-refractivity contribution in [1.82, 2.24) is 5.32 Å². The van der Waals surface area contributed by atoms with Gasteiger partial charge in [-0.3, -0.25) is 0 Å². The van der Waals surface area contributed by atoms with Gasteiger partial charge in [0.05, 0.1) is 6.26 Å². The van der Waals surface area contributed by atoms with Crippen LogP contribution < -0.4 is 10.1 Å². The number of nitrogens with one attached hydrogen (secondary N) is 1. The number of benzene rings is 1. The van der Waals surface area contributed by atoms with Crippen LogP contribution in [0.4, 0.5) is 0 Å². The van der Waals surface area contributed by atoms with Gasteiger partial charge in [-0.2, -0.15) is 0 Å². The van der Waals surface area contributed by atoms with Gasteiger partial charge in [-0.15, -0.1) is 0 Å². The zero-order chi connectivity index (χ0) is 13.9. The molecule has 0 atom stereocenters. The maximum atomic E-state index is 5.84. The first-order valence-corrected chi connectivity index (χ1v) is 7.21. The molecular formula is C17H21NO2. The van der Waals surface area contributed by atoms with Crippen molar-refractivity contribution in [2.75, 3.05) is 0 Å². The highest BCUT2D eigenvalue weighted by atomic mass is 16.5. The first-order chi connectivity index (χ1) is 9.72. The smallest absolute Gasteiger partial charge is 0.146 e. The number of hydrogen-bond acceptors (Lipinski definition) is 3. The Kier molecular flexibility index (Phi) is 3.79. The Labute approximate surface area is 119 Å². The molecule has 1 saturated carbocycles. The van der Waals surface area contributed by atoms with E-state index < -0.39 is 0 Å². The number of aryl methyl sites for hydroxylation is 1. The van der Waals surface area contributed by atoms with Crippen LogP contribution in [0.5, 0.6) is 5.75 Å². The number of ether oxygens (including phenoxy) is 1. The second kappa shape index (κ2) is 5.71. The second-order valence-electron chi connectivity index (χ2n) is 5.56. The van der Waals surface area contributed by atoms with E-state index in [0.717, 1.165) is 24.1 Å². The van der Waals surface area contributed by atoms with Crippen molar-refractivity contribution >= 4 is 0 Å². The summed E-state index contributed by atoms with van der Waals surface area (Å²) in [6.45, 7) is 5.54. The van der Waals surface area contributed by atoms with Crippen molar-refractivity contribution < 1.29 is 9.15 Å². The van der Waals surface area contributed by atoms with E-state index in [1.54, 1.807) is 0 Å². The van der Waals surface area contributed by atoms with Crippen molar-refractivity contribution in [1.29, 1.82) is 0 Å². The molecule has 1 fully saturated rings. The van der Waals surface area contributed by atoms with Gasteiger partial charge in [-0.05, 0) is 49.9 Å². The Morgan fingerprint density at radius 2 is 2.15 bits per heavy atom. The van der Waals surface area contributed by atoms with Crippen molar-refractivity contribution in [2.45, 2.75) is 45.9 Å². The molecule has 0 aliphatic heterocycles. The van der Waals surface area contributed by atoms with Crippen LogP contribution in [0.15, 0.2) is 34.9 Å². The molecule has 1 aromatic carbocycles. The van der Waals surface area contributed by atoms with E-state index in [0.29, 0.717) is 6.61 Å². The zero-order valence-electron chi connectivity index (χ0n) is 12.1. The van der Waals surface area contributed by atoms with Crippen LogP contribution in [0, 0.1) is 13.8 Å². The Balaban J connectivity index is 1.56. The van der Waals surface area contributed by atoms with Gasteiger partial charge >= 0.3 is 0 Å². The van der Waals surface area contributed by atoms with Crippen LogP contribution in [-0.2, 0) is 13.2 Å². The summed E-state index contributed by atoms with van der Waals surface area (Å²) in [5.41, 5.74) is 3.63. The fourth-order valence-electron chi connectivity index (χ4n) is 2.17. The molecule has 106 valence electrons. The first kappa shape index (κ1) is 13.3. The van der Waals surface area contributed by atoms with Crippen molar-refractivity contribution in [3.05, 3.63) is 53.0 Å². The summed E-state index contributed by atoms with van der Waals surface area (Å²) in [5.74, 6) is 1.80. The minimum atomic E-state index is 0.480. The highest BCUT2D eigenvalue weighted by Gasteiger charge is 2.20. The van der Waals surface area contributed by atoms with Gasteiger partial charge in [0.2, 0.25) is 0 Å². The van der Waals surface area contributed by atoms with Crippen LogP contribution in [0.25, 0.3) is 0 Å². The summed E-state index contributed by atoms with van der Waals surface area (Å²) in [7, 11) is 0. The molecule has 0 saturated heterocycles. The third kappa shape index (κ3) is 3.23. The molecule has 0 unspecified atom stereocenters. The Bertz CT molecular complexity index is 584. The average molecular weight is 271 g/mol. The highest BCUT2D eigenvalue weighted by molar-refractivity contribution is 5.38. The predicted octanol–water partition coefficient (Wildman–Crippen LogP) is 3.73. The second-order valence-corrected chi connectivity index (χ2v) is 5.56. The Hall–Kier alpha value is -1.74. The van der Waals surface area contributed by atoms with Gasteiger partial charge in [-0.25, -0.2) is 0 Å². The SMILES string of the molecule is Cc1cccc(OCc2cc(CNC3CC3)co2)c1C. The van der Waals surface area contributed by atoms with Crippen LogP contribution in [0.1, 0.15) is 35.3 Å². The van der Waals surface area contributed by atoms with Crippen molar-refractivity contribution in [2.24, 2.45) is 0 Å². The molecular weight excluding hydrogens is 250 g/mol. The molecule has 1 aromatic heterocycles. The average Bonchev–Trinajstić information content (AvgIpc) is 3.17. The van der Waals surface area contributed by atoms with E-state index in [-0.39, 0.29) is 0 Å². The molecule has 0 bridgehead atoms. The molecule has 3 heteroatoms.